The first-order chi connectivity index (χ1) is 19.9. The van der Waals surface area contributed by atoms with Gasteiger partial charge in [0.05, 0.1) is 24.0 Å². The van der Waals surface area contributed by atoms with Crippen LogP contribution in [0.3, 0.4) is 0 Å². The smallest absolute Gasteiger partial charge is 0.246 e. The van der Waals surface area contributed by atoms with Gasteiger partial charge in [-0.25, -0.2) is 0 Å². The third-order valence-electron chi connectivity index (χ3n) is 10.7. The molecule has 2 aliphatic carbocycles. The van der Waals surface area contributed by atoms with E-state index in [0.29, 0.717) is 11.8 Å². The normalized spacial score (nSPS) is 29.9. The van der Waals surface area contributed by atoms with Gasteiger partial charge in [-0.1, -0.05) is 36.4 Å². The average molecular weight is 554 g/mol. The molecule has 1 N–H and O–H groups in total. The number of phenols is 1. The Morgan fingerprint density at radius 1 is 1.12 bits per heavy atom. The molecule has 0 radical (unpaired) electrons. The molecule has 2 bridgehead atoms. The fourth-order valence-electron chi connectivity index (χ4n) is 8.93. The van der Waals surface area contributed by atoms with Crippen LogP contribution in [0.5, 0.6) is 11.5 Å². The molecule has 3 heterocycles. The van der Waals surface area contributed by atoms with Crippen molar-refractivity contribution in [2.24, 2.45) is 0 Å². The Kier molecular flexibility index (Phi) is 6.28. The highest BCUT2D eigenvalue weighted by atomic mass is 16.5. The summed E-state index contributed by atoms with van der Waals surface area (Å²) < 4.78 is 12.0. The lowest BCUT2D eigenvalue weighted by molar-refractivity contribution is -0.160. The van der Waals surface area contributed by atoms with E-state index in [0.717, 1.165) is 50.8 Å². The highest BCUT2D eigenvalue weighted by Gasteiger charge is 2.74. The number of likely N-dealkylation sites (tertiary alicyclic amines) is 1. The topological polar surface area (TPSA) is 69.4 Å². The Bertz CT molecular complexity index is 1470. The zero-order valence-corrected chi connectivity index (χ0v) is 24.1. The molecule has 7 heteroatoms. The SMILES string of the molecule is CN(C(=O)/C=C/c1ccoc1)[C@@H]1CC[C@@]2(N(C)C)[C@H]3Cc4ccc(O)c5c4[C@@]2(CCN3CCc2ccccc2)[C@H]1O5. The van der Waals surface area contributed by atoms with Crippen LogP contribution in [0.15, 0.2) is 71.6 Å². The molecule has 5 atom stereocenters. The van der Waals surface area contributed by atoms with Crippen molar-refractivity contribution in [3.05, 3.63) is 89.4 Å². The van der Waals surface area contributed by atoms with E-state index in [9.17, 15) is 9.90 Å². The second kappa shape index (κ2) is 9.78. The fraction of sp³-hybridized carbons (Fsp3) is 0.441. The van der Waals surface area contributed by atoms with Crippen LogP contribution in [-0.4, -0.2) is 83.7 Å². The van der Waals surface area contributed by atoms with E-state index < -0.39 is 0 Å². The van der Waals surface area contributed by atoms with E-state index in [4.69, 9.17) is 9.15 Å². The van der Waals surface area contributed by atoms with E-state index in [1.165, 1.54) is 16.7 Å². The van der Waals surface area contributed by atoms with Gasteiger partial charge in [0.2, 0.25) is 5.91 Å². The molecule has 2 aliphatic heterocycles. The van der Waals surface area contributed by atoms with Gasteiger partial charge in [-0.05, 0) is 82.1 Å². The molecule has 1 amide bonds. The van der Waals surface area contributed by atoms with Gasteiger partial charge >= 0.3 is 0 Å². The number of rotatable bonds is 7. The molecule has 2 aromatic carbocycles. The van der Waals surface area contributed by atoms with Crippen molar-refractivity contribution >= 4 is 12.0 Å². The van der Waals surface area contributed by atoms with Crippen molar-refractivity contribution in [2.45, 2.75) is 61.2 Å². The molecule has 41 heavy (non-hydrogen) atoms. The van der Waals surface area contributed by atoms with Crippen molar-refractivity contribution < 1.29 is 19.1 Å². The number of aromatic hydroxyl groups is 1. The zero-order valence-electron chi connectivity index (χ0n) is 24.1. The maximum Gasteiger partial charge on any atom is 0.246 e. The molecule has 1 spiro atoms. The first-order valence-electron chi connectivity index (χ1n) is 14.8. The number of furan rings is 1. The van der Waals surface area contributed by atoms with Crippen LogP contribution in [0.2, 0.25) is 0 Å². The van der Waals surface area contributed by atoms with Crippen molar-refractivity contribution in [3.8, 4) is 11.5 Å². The van der Waals surface area contributed by atoms with E-state index in [2.05, 4.69) is 60.3 Å². The lowest BCUT2D eigenvalue weighted by atomic mass is 9.46. The number of amides is 1. The number of phenolic OH excluding ortho intramolecular Hbond substituents is 1. The van der Waals surface area contributed by atoms with Crippen molar-refractivity contribution in [2.75, 3.05) is 34.2 Å². The van der Waals surface area contributed by atoms with Gasteiger partial charge in [0.1, 0.15) is 6.10 Å². The first kappa shape index (κ1) is 26.4. The quantitative estimate of drug-likeness (QED) is 0.435. The number of piperidine rings is 1. The van der Waals surface area contributed by atoms with Gasteiger partial charge in [0.25, 0.3) is 0 Å². The van der Waals surface area contributed by atoms with Gasteiger partial charge < -0.3 is 24.1 Å². The summed E-state index contributed by atoms with van der Waals surface area (Å²) in [7, 11) is 6.34. The second-order valence-electron chi connectivity index (χ2n) is 12.5. The summed E-state index contributed by atoms with van der Waals surface area (Å²) in [6.07, 6.45) is 11.1. The van der Waals surface area contributed by atoms with Crippen molar-refractivity contribution in [3.63, 3.8) is 0 Å². The van der Waals surface area contributed by atoms with Crippen molar-refractivity contribution in [1.82, 2.24) is 14.7 Å². The molecule has 3 aromatic rings. The molecule has 4 aliphatic rings. The number of ether oxygens (including phenoxy) is 1. The summed E-state index contributed by atoms with van der Waals surface area (Å²) in [5.74, 6) is 0.788. The standard InChI is InChI=1S/C34H39N3O4/c1-35(2)34-16-13-26(36(3)29(39)12-9-24-15-20-40-22-24)32-33(34)17-19-37(18-14-23-7-5-4-6-8-23)28(34)21-25-10-11-27(38)31(41-32)30(25)33/h4-12,15,20,22,26,28,32,38H,13-14,16-19,21H2,1-3H3/b12-9+/t26-,28-,32+,33+,34-/m1/s1. The summed E-state index contributed by atoms with van der Waals surface area (Å²) in [4.78, 5) is 20.5. The number of hydrogen-bond acceptors (Lipinski definition) is 6. The number of benzene rings is 2. The highest BCUT2D eigenvalue weighted by Crippen LogP contribution is 2.67. The molecule has 1 saturated heterocycles. The van der Waals surface area contributed by atoms with Gasteiger partial charge in [-0.3, -0.25) is 9.69 Å². The summed E-state index contributed by atoms with van der Waals surface area (Å²) in [6, 6.07) is 16.7. The molecule has 0 unspecified atom stereocenters. The lowest BCUT2D eigenvalue weighted by Gasteiger charge is -2.69. The number of carbonyl (C=O) groups excluding carboxylic acids is 1. The summed E-state index contributed by atoms with van der Waals surface area (Å²) in [6.45, 7) is 1.97. The Hall–Kier alpha value is -3.55. The van der Waals surface area contributed by atoms with E-state index >= 15 is 0 Å². The molecule has 2 fully saturated rings. The first-order valence-corrected chi connectivity index (χ1v) is 14.8. The Balaban J connectivity index is 1.28. The largest absolute Gasteiger partial charge is 0.504 e. The monoisotopic (exact) mass is 553 g/mol. The van der Waals surface area contributed by atoms with Crippen LogP contribution < -0.4 is 4.74 Å². The van der Waals surface area contributed by atoms with Crippen molar-refractivity contribution in [1.29, 1.82) is 0 Å². The minimum absolute atomic E-state index is 0.0541. The number of hydrogen-bond donors (Lipinski definition) is 1. The van der Waals surface area contributed by atoms with Gasteiger partial charge in [0.15, 0.2) is 11.5 Å². The second-order valence-corrected chi connectivity index (χ2v) is 12.5. The molecular formula is C34H39N3O4. The molecule has 7 rings (SSSR count). The fourth-order valence-corrected chi connectivity index (χ4v) is 8.93. The van der Waals surface area contributed by atoms with Gasteiger partial charge in [0, 0.05) is 42.4 Å². The Morgan fingerprint density at radius 2 is 1.95 bits per heavy atom. The van der Waals surface area contributed by atoms with Crippen LogP contribution >= 0.6 is 0 Å². The molecule has 7 nitrogen and oxygen atoms in total. The molecule has 1 aromatic heterocycles. The minimum atomic E-state index is -0.322. The van der Waals surface area contributed by atoms with Crippen LogP contribution in [-0.2, 0) is 23.1 Å². The van der Waals surface area contributed by atoms with E-state index in [1.54, 1.807) is 30.7 Å². The maximum absolute atomic E-state index is 13.5. The highest BCUT2D eigenvalue weighted by molar-refractivity contribution is 5.92. The third-order valence-corrected chi connectivity index (χ3v) is 10.7. The summed E-state index contributed by atoms with van der Waals surface area (Å²) in [5.41, 5.74) is 4.20. The Morgan fingerprint density at radius 3 is 2.71 bits per heavy atom. The van der Waals surface area contributed by atoms with E-state index in [1.807, 2.05) is 18.0 Å². The number of carbonyl (C=O) groups is 1. The average Bonchev–Trinajstić information content (AvgIpc) is 3.63. The summed E-state index contributed by atoms with van der Waals surface area (Å²) >= 11 is 0. The van der Waals surface area contributed by atoms with Crippen LogP contribution in [0.4, 0.5) is 0 Å². The molecule has 214 valence electrons. The van der Waals surface area contributed by atoms with Crippen LogP contribution in [0, 0.1) is 0 Å². The Labute approximate surface area is 242 Å². The summed E-state index contributed by atoms with van der Waals surface area (Å²) in [5, 5.41) is 11.1. The van der Waals surface area contributed by atoms with Gasteiger partial charge in [-0.2, -0.15) is 0 Å². The van der Waals surface area contributed by atoms with E-state index in [-0.39, 0.29) is 34.8 Å². The van der Waals surface area contributed by atoms with Crippen LogP contribution in [0.1, 0.15) is 41.5 Å². The predicted octanol–water partition coefficient (Wildman–Crippen LogP) is 4.49. The lowest BCUT2D eigenvalue weighted by Crippen LogP contribution is -2.82. The molecule has 1 saturated carbocycles. The van der Waals surface area contributed by atoms with Gasteiger partial charge in [-0.15, -0.1) is 0 Å². The maximum atomic E-state index is 13.5. The predicted molar refractivity (Wildman–Crippen MR) is 158 cm³/mol. The number of nitrogens with zero attached hydrogens (tertiary/aromatic N) is 3. The minimum Gasteiger partial charge on any atom is -0.504 e. The zero-order chi connectivity index (χ0) is 28.4. The number of likely N-dealkylation sites (N-methyl/N-ethyl adjacent to an activating group) is 2. The van der Waals surface area contributed by atoms with Crippen LogP contribution in [0.25, 0.3) is 6.08 Å². The third kappa shape index (κ3) is 3.75. The molecular weight excluding hydrogens is 514 g/mol.